The average Bonchev–Trinajstić information content (AvgIpc) is 2.68. The molecule has 0 saturated carbocycles. The molecule has 10 nitrogen and oxygen atoms in total. The van der Waals surface area contributed by atoms with E-state index in [1.807, 2.05) is 0 Å². The van der Waals surface area contributed by atoms with Gasteiger partial charge in [0.15, 0.2) is 0 Å². The Balaban J connectivity index is 1.73. The van der Waals surface area contributed by atoms with E-state index in [2.05, 4.69) is 16.6 Å². The van der Waals surface area contributed by atoms with E-state index < -0.39 is 45.3 Å². The van der Waals surface area contributed by atoms with E-state index in [4.69, 9.17) is 5.73 Å². The maximum Gasteiger partial charge on any atom is 0.352 e. The molecule has 3 atom stereocenters. The third-order valence-corrected chi connectivity index (χ3v) is 6.48. The molecule has 0 aromatic heterocycles. The predicted octanol–water partition coefficient (Wildman–Crippen LogP) is -0.0175. The minimum Gasteiger partial charge on any atom is -0.477 e. The maximum absolute atomic E-state index is 12.6. The number of carboxylic acids is 1. The van der Waals surface area contributed by atoms with Gasteiger partial charge in [0.05, 0.1) is 6.26 Å². The van der Waals surface area contributed by atoms with Crippen LogP contribution in [0.4, 0.5) is 5.69 Å². The van der Waals surface area contributed by atoms with Gasteiger partial charge in [0.1, 0.15) is 23.2 Å². The van der Waals surface area contributed by atoms with Crippen molar-refractivity contribution in [2.75, 3.05) is 16.7 Å². The van der Waals surface area contributed by atoms with Crippen LogP contribution in [0, 0.1) is 0 Å². The zero-order valence-corrected chi connectivity index (χ0v) is 17.5. The molecule has 2 aliphatic rings. The van der Waals surface area contributed by atoms with Crippen molar-refractivity contribution in [1.29, 1.82) is 0 Å². The van der Waals surface area contributed by atoms with Gasteiger partial charge in [0.25, 0.3) is 5.91 Å². The summed E-state index contributed by atoms with van der Waals surface area (Å²) < 4.78 is 25.1. The summed E-state index contributed by atoms with van der Waals surface area (Å²) in [4.78, 5) is 37.8. The fourth-order valence-corrected chi connectivity index (χ4v) is 5.10. The molecule has 1 unspecified atom stereocenters. The highest BCUT2D eigenvalue weighted by Gasteiger charge is 2.54. The molecular weight excluding hydrogens is 432 g/mol. The third kappa shape index (κ3) is 4.20. The lowest BCUT2D eigenvalue weighted by atomic mass is 10.0. The van der Waals surface area contributed by atoms with Gasteiger partial charge in [0.2, 0.25) is 15.9 Å². The van der Waals surface area contributed by atoms with Gasteiger partial charge in [-0.3, -0.25) is 19.2 Å². The summed E-state index contributed by atoms with van der Waals surface area (Å²) in [5, 5.41) is 11.4. The van der Waals surface area contributed by atoms with Crippen molar-refractivity contribution in [2.24, 2.45) is 5.73 Å². The molecule has 12 heteroatoms. The number of allylic oxidation sites excluding steroid dienone is 1. The summed E-state index contributed by atoms with van der Waals surface area (Å²) in [5.74, 6) is -2.07. The van der Waals surface area contributed by atoms with Gasteiger partial charge < -0.3 is 16.2 Å². The molecule has 2 amide bonds. The molecule has 2 heterocycles. The van der Waals surface area contributed by atoms with E-state index >= 15 is 0 Å². The number of hydrogen-bond donors (Lipinski definition) is 4. The molecule has 160 valence electrons. The Morgan fingerprint density at radius 1 is 1.43 bits per heavy atom. The fraction of sp³-hybridized carbons (Fsp3) is 0.278. The number of benzene rings is 1. The number of sulfonamides is 1. The summed E-state index contributed by atoms with van der Waals surface area (Å²) in [6, 6.07) is 3.98. The number of nitrogens with zero attached hydrogens (tertiary/aromatic N) is 1. The lowest BCUT2D eigenvalue weighted by Crippen LogP contribution is -2.71. The molecule has 3 rings (SSSR count). The number of anilines is 1. The van der Waals surface area contributed by atoms with Gasteiger partial charge in [-0.2, -0.15) is 0 Å². The zero-order chi connectivity index (χ0) is 22.2. The van der Waals surface area contributed by atoms with Crippen LogP contribution in [-0.4, -0.2) is 59.6 Å². The largest absolute Gasteiger partial charge is 0.477 e. The standard InChI is InChI=1S/C18H20N4O6S2/c1-3-9-8-29-17-13(16(24)22(17)14(9)18(25)26)20-15(23)12(19)10-5-4-6-11(7-10)21-30(2,27)28/h3-7,12-13,17,21H,1,8,19H2,2H3,(H,20,23)(H,25,26)/t12-,13?,17-/m1/s1. The SMILES string of the molecule is C=CC1=C(C(=O)O)N2C(=O)C(NC(=O)[C@H](N)c3cccc(NS(C)(=O)=O)c3)[C@H]2SC1. The molecule has 30 heavy (non-hydrogen) atoms. The van der Waals surface area contributed by atoms with Crippen molar-refractivity contribution in [2.45, 2.75) is 17.5 Å². The Morgan fingerprint density at radius 3 is 2.73 bits per heavy atom. The van der Waals surface area contributed by atoms with Gasteiger partial charge in [-0.05, 0) is 23.3 Å². The summed E-state index contributed by atoms with van der Waals surface area (Å²) in [5.41, 5.74) is 6.90. The van der Waals surface area contributed by atoms with Crippen LogP contribution >= 0.6 is 11.8 Å². The van der Waals surface area contributed by atoms with E-state index in [9.17, 15) is 27.9 Å². The topological polar surface area (TPSA) is 159 Å². The molecule has 0 radical (unpaired) electrons. The molecule has 1 fully saturated rings. The summed E-state index contributed by atoms with van der Waals surface area (Å²) in [6.45, 7) is 3.58. The number of fused-ring (bicyclic) bond motifs is 1. The number of nitrogens with one attached hydrogen (secondary N) is 2. The van der Waals surface area contributed by atoms with Crippen molar-refractivity contribution < 1.29 is 27.9 Å². The number of rotatable bonds is 7. The Hall–Kier alpha value is -2.83. The molecule has 1 saturated heterocycles. The monoisotopic (exact) mass is 452 g/mol. The Morgan fingerprint density at radius 2 is 2.13 bits per heavy atom. The van der Waals surface area contributed by atoms with Gasteiger partial charge in [-0.1, -0.05) is 24.8 Å². The van der Waals surface area contributed by atoms with Crippen LogP contribution in [0.25, 0.3) is 0 Å². The minimum atomic E-state index is -3.50. The number of β-lactam (4-membered cyclic amide) rings is 1. The first-order valence-electron chi connectivity index (χ1n) is 8.70. The molecule has 0 spiro atoms. The van der Waals surface area contributed by atoms with Crippen LogP contribution in [0.15, 0.2) is 48.2 Å². The van der Waals surface area contributed by atoms with Crippen molar-refractivity contribution in [3.8, 4) is 0 Å². The number of hydrogen-bond acceptors (Lipinski definition) is 7. The zero-order valence-electron chi connectivity index (χ0n) is 15.9. The quantitative estimate of drug-likeness (QED) is 0.420. The van der Waals surface area contributed by atoms with Crippen molar-refractivity contribution in [1.82, 2.24) is 10.2 Å². The number of nitrogens with two attached hydrogens (primary N) is 1. The summed E-state index contributed by atoms with van der Waals surface area (Å²) in [7, 11) is -3.50. The molecule has 0 aliphatic carbocycles. The Bertz CT molecular complexity index is 1070. The molecule has 1 aromatic rings. The van der Waals surface area contributed by atoms with Gasteiger partial charge in [-0.15, -0.1) is 11.8 Å². The lowest BCUT2D eigenvalue weighted by Gasteiger charge is -2.49. The lowest BCUT2D eigenvalue weighted by molar-refractivity contribution is -0.150. The number of thioether (sulfide) groups is 1. The fourth-order valence-electron chi connectivity index (χ4n) is 3.20. The first kappa shape index (κ1) is 21.9. The highest BCUT2D eigenvalue weighted by molar-refractivity contribution is 8.00. The molecule has 1 aromatic carbocycles. The second kappa shape index (κ2) is 8.13. The number of carboxylic acid groups (broad SMARTS) is 1. The third-order valence-electron chi connectivity index (χ3n) is 4.58. The van der Waals surface area contributed by atoms with Crippen LogP contribution < -0.4 is 15.8 Å². The van der Waals surface area contributed by atoms with E-state index in [1.54, 1.807) is 12.1 Å². The molecular formula is C18H20N4O6S2. The van der Waals surface area contributed by atoms with Crippen LogP contribution in [0.3, 0.4) is 0 Å². The number of carbonyl (C=O) groups is 3. The molecule has 2 aliphatic heterocycles. The van der Waals surface area contributed by atoms with Crippen LogP contribution in [0.2, 0.25) is 0 Å². The van der Waals surface area contributed by atoms with Crippen LogP contribution in [-0.2, 0) is 24.4 Å². The second-order valence-corrected chi connectivity index (χ2v) is 9.61. The van der Waals surface area contributed by atoms with E-state index in [0.29, 0.717) is 16.9 Å². The minimum absolute atomic E-state index is 0.131. The first-order chi connectivity index (χ1) is 14.0. The second-order valence-electron chi connectivity index (χ2n) is 6.76. The molecule has 0 bridgehead atoms. The van der Waals surface area contributed by atoms with Crippen LogP contribution in [0.5, 0.6) is 0 Å². The number of amides is 2. The Labute approximate surface area is 177 Å². The number of carbonyl (C=O) groups excluding carboxylic acids is 2. The van der Waals surface area contributed by atoms with Gasteiger partial charge >= 0.3 is 5.97 Å². The average molecular weight is 453 g/mol. The first-order valence-corrected chi connectivity index (χ1v) is 11.6. The van der Waals surface area contributed by atoms with E-state index in [-0.39, 0.29) is 11.4 Å². The van der Waals surface area contributed by atoms with Gasteiger partial charge in [-0.25, -0.2) is 13.2 Å². The highest BCUT2D eigenvalue weighted by Crippen LogP contribution is 2.40. The van der Waals surface area contributed by atoms with Crippen LogP contribution in [0.1, 0.15) is 11.6 Å². The number of aliphatic carboxylic acids is 1. The summed E-state index contributed by atoms with van der Waals surface area (Å²) >= 11 is 1.32. The smallest absolute Gasteiger partial charge is 0.352 e. The highest BCUT2D eigenvalue weighted by atomic mass is 32.2. The van der Waals surface area contributed by atoms with E-state index in [0.717, 1.165) is 11.2 Å². The van der Waals surface area contributed by atoms with Crippen molar-refractivity contribution in [3.63, 3.8) is 0 Å². The van der Waals surface area contributed by atoms with Crippen molar-refractivity contribution in [3.05, 3.63) is 53.8 Å². The Kier molecular flexibility index (Phi) is 5.92. The van der Waals surface area contributed by atoms with E-state index in [1.165, 1.54) is 30.0 Å². The molecule has 5 N–H and O–H groups in total. The summed E-state index contributed by atoms with van der Waals surface area (Å²) in [6.07, 6.45) is 2.40. The van der Waals surface area contributed by atoms with Crippen molar-refractivity contribution >= 4 is 45.3 Å². The normalized spacial score (nSPS) is 21.9. The van der Waals surface area contributed by atoms with Gasteiger partial charge in [0, 0.05) is 11.4 Å². The maximum atomic E-state index is 12.6. The predicted molar refractivity (Wildman–Crippen MR) is 112 cm³/mol.